The molecule has 6 heteroatoms. The minimum Gasteiger partial charge on any atom is -0.480 e. The Morgan fingerprint density at radius 2 is 2.17 bits per heavy atom. The molecule has 6 nitrogen and oxygen atoms in total. The minimum atomic E-state index is -1.02. The molecule has 2 fully saturated rings. The first kappa shape index (κ1) is 13.1. The van der Waals surface area contributed by atoms with Crippen molar-refractivity contribution in [3.63, 3.8) is 0 Å². The molecular weight excluding hydrogens is 234 g/mol. The topological polar surface area (TPSA) is 81.7 Å². The first-order valence-corrected chi connectivity index (χ1v) is 6.50. The number of rotatable bonds is 4. The normalized spacial score (nSPS) is 26.4. The molecule has 0 aromatic heterocycles. The highest BCUT2D eigenvalue weighted by Crippen LogP contribution is 2.31. The SMILES string of the molecule is CN1CCC(CNC(=O)NC2(C(=O)O)CCC2)C1. The number of nitrogens with one attached hydrogen (secondary N) is 2. The van der Waals surface area contributed by atoms with Gasteiger partial charge < -0.3 is 20.6 Å². The van der Waals surface area contributed by atoms with Crippen molar-refractivity contribution < 1.29 is 14.7 Å². The predicted octanol–water partition coefficient (Wildman–Crippen LogP) is 0.245. The van der Waals surface area contributed by atoms with Gasteiger partial charge in [-0.15, -0.1) is 0 Å². The van der Waals surface area contributed by atoms with Crippen LogP contribution in [0.4, 0.5) is 4.79 Å². The van der Waals surface area contributed by atoms with Gasteiger partial charge in [0.25, 0.3) is 0 Å². The number of carbonyl (C=O) groups excluding carboxylic acids is 1. The molecule has 2 aliphatic rings. The highest BCUT2D eigenvalue weighted by Gasteiger charge is 2.45. The van der Waals surface area contributed by atoms with E-state index in [0.717, 1.165) is 25.9 Å². The van der Waals surface area contributed by atoms with Crippen molar-refractivity contribution in [3.8, 4) is 0 Å². The highest BCUT2D eigenvalue weighted by atomic mass is 16.4. The van der Waals surface area contributed by atoms with Gasteiger partial charge in [0.1, 0.15) is 5.54 Å². The fraction of sp³-hybridized carbons (Fsp3) is 0.833. The van der Waals surface area contributed by atoms with Crippen molar-refractivity contribution >= 4 is 12.0 Å². The van der Waals surface area contributed by atoms with Crippen LogP contribution in [0, 0.1) is 5.92 Å². The van der Waals surface area contributed by atoms with E-state index in [1.54, 1.807) is 0 Å². The average molecular weight is 255 g/mol. The molecule has 1 saturated heterocycles. The maximum absolute atomic E-state index is 11.7. The number of carboxylic acids is 1. The van der Waals surface area contributed by atoms with E-state index in [0.29, 0.717) is 25.3 Å². The molecule has 0 radical (unpaired) electrons. The highest BCUT2D eigenvalue weighted by molar-refractivity contribution is 5.87. The van der Waals surface area contributed by atoms with Crippen LogP contribution in [0.25, 0.3) is 0 Å². The van der Waals surface area contributed by atoms with E-state index in [1.807, 2.05) is 0 Å². The van der Waals surface area contributed by atoms with E-state index in [-0.39, 0.29) is 6.03 Å². The number of nitrogens with zero attached hydrogens (tertiary/aromatic N) is 1. The van der Waals surface area contributed by atoms with Crippen LogP contribution in [0.15, 0.2) is 0 Å². The van der Waals surface area contributed by atoms with Crippen LogP contribution in [-0.4, -0.2) is 54.2 Å². The molecule has 1 saturated carbocycles. The minimum absolute atomic E-state index is 0.355. The number of carbonyl (C=O) groups is 2. The van der Waals surface area contributed by atoms with Crippen LogP contribution in [0.2, 0.25) is 0 Å². The Morgan fingerprint density at radius 3 is 2.61 bits per heavy atom. The molecule has 18 heavy (non-hydrogen) atoms. The van der Waals surface area contributed by atoms with Crippen molar-refractivity contribution in [1.82, 2.24) is 15.5 Å². The summed E-state index contributed by atoms with van der Waals surface area (Å²) in [6.45, 7) is 2.67. The molecular formula is C12H21N3O3. The lowest BCUT2D eigenvalue weighted by atomic mass is 9.77. The van der Waals surface area contributed by atoms with Crippen LogP contribution in [0.3, 0.4) is 0 Å². The van der Waals surface area contributed by atoms with Gasteiger partial charge in [-0.05, 0) is 45.2 Å². The maximum Gasteiger partial charge on any atom is 0.329 e. The first-order valence-electron chi connectivity index (χ1n) is 6.50. The molecule has 2 rings (SSSR count). The van der Waals surface area contributed by atoms with Gasteiger partial charge in [0, 0.05) is 13.1 Å². The predicted molar refractivity (Wildman–Crippen MR) is 66.4 cm³/mol. The number of carboxylic acid groups (broad SMARTS) is 1. The Hall–Kier alpha value is -1.30. The molecule has 2 amide bonds. The van der Waals surface area contributed by atoms with E-state index < -0.39 is 11.5 Å². The number of aliphatic carboxylic acids is 1. The monoisotopic (exact) mass is 255 g/mol. The van der Waals surface area contributed by atoms with Gasteiger partial charge in [0.05, 0.1) is 0 Å². The summed E-state index contributed by atoms with van der Waals surface area (Å²) in [6.07, 6.45) is 3.00. The third-order valence-electron chi connectivity index (χ3n) is 4.01. The van der Waals surface area contributed by atoms with Gasteiger partial charge in [-0.2, -0.15) is 0 Å². The standard InChI is InChI=1S/C12H21N3O3/c1-15-6-3-9(8-15)7-13-11(18)14-12(10(16)17)4-2-5-12/h9H,2-8H2,1H3,(H,16,17)(H2,13,14,18). The van der Waals surface area contributed by atoms with Crippen LogP contribution < -0.4 is 10.6 Å². The fourth-order valence-corrected chi connectivity index (χ4v) is 2.61. The van der Waals surface area contributed by atoms with E-state index in [1.165, 1.54) is 0 Å². The third kappa shape index (κ3) is 2.75. The Balaban J connectivity index is 1.73. The second-order valence-electron chi connectivity index (χ2n) is 5.49. The molecule has 0 spiro atoms. The summed E-state index contributed by atoms with van der Waals surface area (Å²) in [5.74, 6) is -0.451. The second kappa shape index (κ2) is 5.14. The van der Waals surface area contributed by atoms with Crippen molar-refractivity contribution in [2.24, 2.45) is 5.92 Å². The Labute approximate surface area is 107 Å². The van der Waals surface area contributed by atoms with Gasteiger partial charge in [-0.3, -0.25) is 0 Å². The molecule has 1 aliphatic carbocycles. The lowest BCUT2D eigenvalue weighted by Gasteiger charge is -2.38. The zero-order valence-corrected chi connectivity index (χ0v) is 10.7. The maximum atomic E-state index is 11.7. The Morgan fingerprint density at radius 1 is 1.44 bits per heavy atom. The lowest BCUT2D eigenvalue weighted by Crippen LogP contribution is -2.61. The molecule has 102 valence electrons. The summed E-state index contributed by atoms with van der Waals surface area (Å²) in [7, 11) is 2.06. The summed E-state index contributed by atoms with van der Waals surface area (Å²) in [5, 5.41) is 14.5. The summed E-state index contributed by atoms with van der Waals surface area (Å²) in [6, 6.07) is -0.355. The van der Waals surface area contributed by atoms with Crippen molar-refractivity contribution in [2.45, 2.75) is 31.2 Å². The number of hydrogen-bond acceptors (Lipinski definition) is 3. The Kier molecular flexibility index (Phi) is 3.75. The summed E-state index contributed by atoms with van der Waals surface area (Å²) < 4.78 is 0. The zero-order valence-electron chi connectivity index (χ0n) is 10.7. The largest absolute Gasteiger partial charge is 0.480 e. The van der Waals surface area contributed by atoms with E-state index >= 15 is 0 Å². The van der Waals surface area contributed by atoms with Crippen LogP contribution >= 0.6 is 0 Å². The number of amides is 2. The first-order chi connectivity index (χ1) is 8.52. The number of hydrogen-bond donors (Lipinski definition) is 3. The average Bonchev–Trinajstić information content (AvgIpc) is 2.66. The summed E-state index contributed by atoms with van der Waals surface area (Å²) in [4.78, 5) is 25.0. The van der Waals surface area contributed by atoms with Gasteiger partial charge in [0.2, 0.25) is 0 Å². The summed E-state index contributed by atoms with van der Waals surface area (Å²) >= 11 is 0. The molecule has 0 aromatic carbocycles. The number of urea groups is 1. The molecule has 1 unspecified atom stereocenters. The molecule has 1 aliphatic heterocycles. The van der Waals surface area contributed by atoms with Crippen molar-refractivity contribution in [1.29, 1.82) is 0 Å². The van der Waals surface area contributed by atoms with Gasteiger partial charge in [-0.1, -0.05) is 0 Å². The molecule has 0 bridgehead atoms. The van der Waals surface area contributed by atoms with E-state index in [2.05, 4.69) is 22.6 Å². The van der Waals surface area contributed by atoms with Crippen molar-refractivity contribution in [3.05, 3.63) is 0 Å². The molecule has 3 N–H and O–H groups in total. The van der Waals surface area contributed by atoms with Gasteiger partial charge in [0.15, 0.2) is 0 Å². The fourth-order valence-electron chi connectivity index (χ4n) is 2.61. The van der Waals surface area contributed by atoms with Crippen LogP contribution in [0.1, 0.15) is 25.7 Å². The quantitative estimate of drug-likeness (QED) is 0.672. The summed E-state index contributed by atoms with van der Waals surface area (Å²) in [5.41, 5.74) is -1.02. The molecule has 0 aromatic rings. The van der Waals surface area contributed by atoms with E-state index in [4.69, 9.17) is 5.11 Å². The Bertz CT molecular complexity index is 341. The third-order valence-corrected chi connectivity index (χ3v) is 4.01. The molecule has 1 heterocycles. The zero-order chi connectivity index (χ0) is 13.2. The smallest absolute Gasteiger partial charge is 0.329 e. The van der Waals surface area contributed by atoms with E-state index in [9.17, 15) is 9.59 Å². The van der Waals surface area contributed by atoms with Crippen LogP contribution in [0.5, 0.6) is 0 Å². The molecule has 1 atom stereocenters. The lowest BCUT2D eigenvalue weighted by molar-refractivity contribution is -0.148. The van der Waals surface area contributed by atoms with Gasteiger partial charge in [-0.25, -0.2) is 9.59 Å². The van der Waals surface area contributed by atoms with Crippen molar-refractivity contribution in [2.75, 3.05) is 26.7 Å². The van der Waals surface area contributed by atoms with Gasteiger partial charge >= 0.3 is 12.0 Å². The van der Waals surface area contributed by atoms with Crippen LogP contribution in [-0.2, 0) is 4.79 Å². The second-order valence-corrected chi connectivity index (χ2v) is 5.49. The number of likely N-dealkylation sites (tertiary alicyclic amines) is 1.